The van der Waals surface area contributed by atoms with E-state index in [9.17, 15) is 13.2 Å². The molecule has 116 valence electrons. The molecule has 1 aliphatic carbocycles. The number of nitrogens with one attached hydrogen (secondary N) is 1. The molecule has 0 spiro atoms. The summed E-state index contributed by atoms with van der Waals surface area (Å²) in [6.45, 7) is 3.27. The van der Waals surface area contributed by atoms with Crippen molar-refractivity contribution in [3.05, 3.63) is 0 Å². The molecule has 0 amide bonds. The Morgan fingerprint density at radius 3 is 2.40 bits per heavy atom. The molecule has 0 bridgehead atoms. The van der Waals surface area contributed by atoms with Crippen LogP contribution in [0.5, 0.6) is 0 Å². The second kappa shape index (κ2) is 6.41. The summed E-state index contributed by atoms with van der Waals surface area (Å²) < 4.78 is 28.5. The van der Waals surface area contributed by atoms with E-state index in [-0.39, 0.29) is 0 Å². The van der Waals surface area contributed by atoms with Crippen LogP contribution in [0.3, 0.4) is 0 Å². The van der Waals surface area contributed by atoms with E-state index in [1.807, 2.05) is 0 Å². The highest BCUT2D eigenvalue weighted by Crippen LogP contribution is 2.30. The Labute approximate surface area is 120 Å². The third-order valence-electron chi connectivity index (χ3n) is 4.71. The largest absolute Gasteiger partial charge is 0.481 e. The third-order valence-corrected chi connectivity index (χ3v) is 6.29. The Balaban J connectivity index is 1.83. The first kappa shape index (κ1) is 15.7. The lowest BCUT2D eigenvalue weighted by molar-refractivity contribution is -0.142. The molecule has 0 aromatic carbocycles. The molecule has 7 heteroatoms. The van der Waals surface area contributed by atoms with E-state index < -0.39 is 22.1 Å². The van der Waals surface area contributed by atoms with Crippen LogP contribution in [-0.4, -0.2) is 43.4 Å². The first-order chi connectivity index (χ1) is 9.40. The zero-order valence-corrected chi connectivity index (χ0v) is 12.7. The van der Waals surface area contributed by atoms with Crippen molar-refractivity contribution in [2.45, 2.75) is 39.0 Å². The number of hydrogen-bond donors (Lipinski definition) is 2. The highest BCUT2D eigenvalue weighted by Gasteiger charge is 2.32. The van der Waals surface area contributed by atoms with Gasteiger partial charge in [-0.2, -0.15) is 12.7 Å². The van der Waals surface area contributed by atoms with E-state index in [2.05, 4.69) is 11.6 Å². The summed E-state index contributed by atoms with van der Waals surface area (Å²) in [7, 11) is -3.45. The molecule has 2 fully saturated rings. The van der Waals surface area contributed by atoms with Gasteiger partial charge in [-0.15, -0.1) is 0 Å². The second-order valence-corrected chi connectivity index (χ2v) is 7.79. The molecular weight excluding hydrogens is 280 g/mol. The van der Waals surface area contributed by atoms with Gasteiger partial charge in [-0.25, -0.2) is 4.72 Å². The fourth-order valence-corrected chi connectivity index (χ4v) is 4.47. The van der Waals surface area contributed by atoms with Crippen LogP contribution in [0.2, 0.25) is 0 Å². The number of carbonyl (C=O) groups is 1. The Morgan fingerprint density at radius 1 is 1.25 bits per heavy atom. The van der Waals surface area contributed by atoms with Gasteiger partial charge in [0.1, 0.15) is 0 Å². The van der Waals surface area contributed by atoms with Crippen molar-refractivity contribution in [1.82, 2.24) is 9.03 Å². The smallest absolute Gasteiger partial charge is 0.306 e. The topological polar surface area (TPSA) is 86.7 Å². The summed E-state index contributed by atoms with van der Waals surface area (Å²) in [5, 5.41) is 8.92. The number of carboxylic acid groups (broad SMARTS) is 1. The van der Waals surface area contributed by atoms with Gasteiger partial charge >= 0.3 is 5.97 Å². The first-order valence-corrected chi connectivity index (χ1v) is 8.81. The molecule has 2 unspecified atom stereocenters. The highest BCUT2D eigenvalue weighted by molar-refractivity contribution is 7.87. The van der Waals surface area contributed by atoms with Gasteiger partial charge in [0.2, 0.25) is 0 Å². The zero-order chi connectivity index (χ0) is 14.8. The number of hydrogen-bond acceptors (Lipinski definition) is 3. The average molecular weight is 304 g/mol. The minimum Gasteiger partial charge on any atom is -0.481 e. The van der Waals surface area contributed by atoms with Crippen LogP contribution in [-0.2, 0) is 15.0 Å². The Morgan fingerprint density at radius 2 is 1.90 bits per heavy atom. The van der Waals surface area contributed by atoms with Crippen LogP contribution in [0, 0.1) is 17.8 Å². The van der Waals surface area contributed by atoms with Gasteiger partial charge < -0.3 is 5.11 Å². The average Bonchev–Trinajstić information content (AvgIpc) is 2.82. The van der Waals surface area contributed by atoms with Gasteiger partial charge in [0.05, 0.1) is 5.92 Å². The van der Waals surface area contributed by atoms with Crippen molar-refractivity contribution in [2.75, 3.05) is 19.6 Å². The number of nitrogens with zero attached hydrogens (tertiary/aromatic N) is 1. The van der Waals surface area contributed by atoms with Crippen molar-refractivity contribution in [3.8, 4) is 0 Å². The number of piperidine rings is 1. The molecule has 1 saturated carbocycles. The summed E-state index contributed by atoms with van der Waals surface area (Å²) in [6.07, 6.45) is 4.24. The lowest BCUT2D eigenvalue weighted by Gasteiger charge is -2.30. The number of aliphatic carboxylic acids is 1. The van der Waals surface area contributed by atoms with Gasteiger partial charge in [0.15, 0.2) is 0 Å². The minimum absolute atomic E-state index is 0.298. The summed E-state index contributed by atoms with van der Waals surface area (Å²) in [6, 6.07) is 0. The van der Waals surface area contributed by atoms with Crippen LogP contribution >= 0.6 is 0 Å². The SMILES string of the molecule is CC1CCCC1CNS(=O)(=O)N1CCC(C(=O)O)CC1. The number of rotatable bonds is 5. The van der Waals surface area contributed by atoms with Crippen molar-refractivity contribution >= 4 is 16.2 Å². The molecule has 2 rings (SSSR count). The monoisotopic (exact) mass is 304 g/mol. The Bertz CT molecular complexity index is 443. The van der Waals surface area contributed by atoms with E-state index in [4.69, 9.17) is 5.11 Å². The van der Waals surface area contributed by atoms with Crippen LogP contribution in [0.15, 0.2) is 0 Å². The highest BCUT2D eigenvalue weighted by atomic mass is 32.2. The van der Waals surface area contributed by atoms with Crippen LogP contribution in [0.1, 0.15) is 39.0 Å². The van der Waals surface area contributed by atoms with Crippen LogP contribution in [0.25, 0.3) is 0 Å². The maximum atomic E-state index is 12.2. The first-order valence-electron chi connectivity index (χ1n) is 7.37. The molecule has 2 atom stereocenters. The van der Waals surface area contributed by atoms with Crippen LogP contribution < -0.4 is 4.72 Å². The van der Waals surface area contributed by atoms with Gasteiger partial charge in [0, 0.05) is 19.6 Å². The third kappa shape index (κ3) is 3.71. The molecule has 1 heterocycles. The van der Waals surface area contributed by atoms with Crippen molar-refractivity contribution < 1.29 is 18.3 Å². The van der Waals surface area contributed by atoms with Gasteiger partial charge in [-0.3, -0.25) is 4.79 Å². The molecule has 0 aromatic rings. The van der Waals surface area contributed by atoms with Crippen LogP contribution in [0.4, 0.5) is 0 Å². The predicted octanol–water partition coefficient (Wildman–Crippen LogP) is 1.05. The summed E-state index contributed by atoms with van der Waals surface area (Å²) in [4.78, 5) is 10.9. The fraction of sp³-hybridized carbons (Fsp3) is 0.923. The second-order valence-electron chi connectivity index (χ2n) is 6.03. The van der Waals surface area contributed by atoms with Crippen molar-refractivity contribution in [2.24, 2.45) is 17.8 Å². The van der Waals surface area contributed by atoms with Gasteiger partial charge in [0.25, 0.3) is 10.2 Å². The minimum atomic E-state index is -3.45. The van der Waals surface area contributed by atoms with E-state index in [1.54, 1.807) is 0 Å². The molecule has 20 heavy (non-hydrogen) atoms. The summed E-state index contributed by atoms with van der Waals surface area (Å²) in [5.41, 5.74) is 0. The Hall–Kier alpha value is -0.660. The van der Waals surface area contributed by atoms with Gasteiger partial charge in [-0.05, 0) is 31.1 Å². The maximum absolute atomic E-state index is 12.2. The van der Waals surface area contributed by atoms with E-state index in [0.29, 0.717) is 44.3 Å². The molecule has 1 saturated heterocycles. The molecule has 0 aromatic heterocycles. The van der Waals surface area contributed by atoms with Crippen molar-refractivity contribution in [3.63, 3.8) is 0 Å². The van der Waals surface area contributed by atoms with Crippen molar-refractivity contribution in [1.29, 1.82) is 0 Å². The van der Waals surface area contributed by atoms with Gasteiger partial charge in [-0.1, -0.05) is 19.8 Å². The zero-order valence-electron chi connectivity index (χ0n) is 11.9. The molecule has 0 radical (unpaired) electrons. The summed E-state index contributed by atoms with van der Waals surface area (Å²) in [5.74, 6) is -0.220. The lowest BCUT2D eigenvalue weighted by Crippen LogP contribution is -2.47. The lowest BCUT2D eigenvalue weighted by atomic mass is 9.99. The predicted molar refractivity (Wildman–Crippen MR) is 75.4 cm³/mol. The van der Waals surface area contributed by atoms with E-state index in [0.717, 1.165) is 6.42 Å². The fourth-order valence-electron chi connectivity index (χ4n) is 3.17. The molecule has 6 nitrogen and oxygen atoms in total. The standard InChI is InChI=1S/C13H24N2O4S/c1-10-3-2-4-12(10)9-14-20(18,19)15-7-5-11(6-8-15)13(16)17/h10-12,14H,2-9H2,1H3,(H,16,17). The quantitative estimate of drug-likeness (QED) is 0.795. The normalized spacial score (nSPS) is 29.6. The Kier molecular flexibility index (Phi) is 5.04. The summed E-state index contributed by atoms with van der Waals surface area (Å²) >= 11 is 0. The van der Waals surface area contributed by atoms with E-state index >= 15 is 0 Å². The number of carboxylic acids is 1. The molecule has 2 aliphatic rings. The molecule has 2 N–H and O–H groups in total. The maximum Gasteiger partial charge on any atom is 0.306 e. The molecular formula is C13H24N2O4S. The van der Waals surface area contributed by atoms with E-state index in [1.165, 1.54) is 17.1 Å². The molecule has 1 aliphatic heterocycles.